The van der Waals surface area contributed by atoms with Gasteiger partial charge in [0, 0.05) is 6.61 Å². The molecule has 6 nitrogen and oxygen atoms in total. The van der Waals surface area contributed by atoms with Gasteiger partial charge in [-0.05, 0) is 52.1 Å². The minimum absolute atomic E-state index is 0.368. The molecule has 1 atom stereocenters. The third-order valence-electron chi connectivity index (χ3n) is 4.37. The molecule has 2 saturated heterocycles. The Morgan fingerprint density at radius 3 is 2.95 bits per heavy atom. The normalized spacial score (nSPS) is 27.9. The van der Waals surface area contributed by atoms with Gasteiger partial charge in [-0.25, -0.2) is 0 Å². The molecule has 0 radical (unpaired) electrons. The summed E-state index contributed by atoms with van der Waals surface area (Å²) in [7, 11) is 0. The number of nitrogens with zero attached hydrogens (tertiary/aromatic N) is 2. The molecule has 0 aliphatic carbocycles. The lowest BCUT2D eigenvalue weighted by Gasteiger charge is -2.30. The van der Waals surface area contributed by atoms with Crippen molar-refractivity contribution in [2.45, 2.75) is 57.2 Å². The zero-order valence-electron chi connectivity index (χ0n) is 12.8. The van der Waals surface area contributed by atoms with Gasteiger partial charge in [-0.1, -0.05) is 5.16 Å². The van der Waals surface area contributed by atoms with Crippen molar-refractivity contribution in [3.63, 3.8) is 0 Å². The highest BCUT2D eigenvalue weighted by molar-refractivity contribution is 5.00. The third-order valence-corrected chi connectivity index (χ3v) is 4.37. The maximum atomic E-state index is 5.87. The minimum Gasteiger partial charge on any atom is -0.378 e. The average molecular weight is 295 g/mol. The van der Waals surface area contributed by atoms with E-state index in [4.69, 9.17) is 14.0 Å². The first-order valence-corrected chi connectivity index (χ1v) is 8.06. The van der Waals surface area contributed by atoms with Crippen LogP contribution < -0.4 is 5.32 Å². The van der Waals surface area contributed by atoms with E-state index in [0.717, 1.165) is 51.8 Å². The lowest BCUT2D eigenvalue weighted by atomic mass is 9.95. The monoisotopic (exact) mass is 295 g/mol. The van der Waals surface area contributed by atoms with Crippen LogP contribution in [0.15, 0.2) is 4.52 Å². The van der Waals surface area contributed by atoms with Crippen LogP contribution in [0.5, 0.6) is 0 Å². The molecule has 6 heteroatoms. The van der Waals surface area contributed by atoms with E-state index in [9.17, 15) is 0 Å². The summed E-state index contributed by atoms with van der Waals surface area (Å²) in [4.78, 5) is 4.49. The number of aromatic nitrogens is 2. The van der Waals surface area contributed by atoms with Crippen LogP contribution in [0.3, 0.4) is 0 Å². The fourth-order valence-corrected chi connectivity index (χ4v) is 2.96. The molecular weight excluding hydrogens is 270 g/mol. The van der Waals surface area contributed by atoms with E-state index < -0.39 is 0 Å². The zero-order chi connectivity index (χ0) is 14.5. The van der Waals surface area contributed by atoms with Gasteiger partial charge in [-0.15, -0.1) is 0 Å². The Morgan fingerprint density at radius 1 is 1.33 bits per heavy atom. The second-order valence-electron chi connectivity index (χ2n) is 6.12. The molecule has 0 amide bonds. The summed E-state index contributed by atoms with van der Waals surface area (Å²) in [5.74, 6) is 1.33. The summed E-state index contributed by atoms with van der Waals surface area (Å²) in [6.45, 7) is 5.56. The molecule has 2 aliphatic rings. The number of hydrogen-bond donors (Lipinski definition) is 1. The van der Waals surface area contributed by atoms with E-state index >= 15 is 0 Å². The van der Waals surface area contributed by atoms with Gasteiger partial charge in [-0.3, -0.25) is 0 Å². The van der Waals surface area contributed by atoms with Crippen LogP contribution in [0.1, 0.15) is 50.7 Å². The summed E-state index contributed by atoms with van der Waals surface area (Å²) in [5, 5.41) is 7.43. The second kappa shape index (κ2) is 6.85. The Balaban J connectivity index is 1.48. The molecule has 0 aromatic carbocycles. The first kappa shape index (κ1) is 14.9. The van der Waals surface area contributed by atoms with Crippen LogP contribution in [0.2, 0.25) is 0 Å². The highest BCUT2D eigenvalue weighted by Crippen LogP contribution is 2.32. The Hall–Kier alpha value is -0.980. The average Bonchev–Trinajstić information content (AvgIpc) is 2.99. The van der Waals surface area contributed by atoms with Gasteiger partial charge in [0.25, 0.3) is 0 Å². The fourth-order valence-electron chi connectivity index (χ4n) is 2.96. The standard InChI is InChI=1S/C15H25N3O3/c1-15(7-2-3-10-20-15)14-17-13(21-18-14)6-11-19-12-4-8-16-9-5-12/h12,16H,2-11H2,1H3. The molecule has 3 heterocycles. The molecule has 1 aromatic heterocycles. The van der Waals surface area contributed by atoms with Crippen molar-refractivity contribution in [3.05, 3.63) is 11.7 Å². The summed E-state index contributed by atoms with van der Waals surface area (Å²) < 4.78 is 17.0. The van der Waals surface area contributed by atoms with Crippen LogP contribution in [0.4, 0.5) is 0 Å². The summed E-state index contributed by atoms with van der Waals surface area (Å²) in [5.41, 5.74) is -0.379. The van der Waals surface area contributed by atoms with Crippen molar-refractivity contribution in [1.29, 1.82) is 0 Å². The number of hydrogen-bond acceptors (Lipinski definition) is 6. The highest BCUT2D eigenvalue weighted by Gasteiger charge is 2.34. The van der Waals surface area contributed by atoms with Crippen LogP contribution in [-0.4, -0.2) is 42.5 Å². The minimum atomic E-state index is -0.379. The van der Waals surface area contributed by atoms with Crippen molar-refractivity contribution in [3.8, 4) is 0 Å². The van der Waals surface area contributed by atoms with Crippen molar-refractivity contribution < 1.29 is 14.0 Å². The SMILES string of the molecule is CC1(c2noc(CCOC3CCNCC3)n2)CCCCO1. The molecule has 1 unspecified atom stereocenters. The first-order valence-electron chi connectivity index (χ1n) is 8.06. The largest absolute Gasteiger partial charge is 0.378 e. The van der Waals surface area contributed by atoms with Crippen molar-refractivity contribution >= 4 is 0 Å². The third kappa shape index (κ3) is 3.81. The molecule has 1 aromatic rings. The van der Waals surface area contributed by atoms with Crippen LogP contribution in [0.25, 0.3) is 0 Å². The lowest BCUT2D eigenvalue weighted by Crippen LogP contribution is -2.32. The summed E-state index contributed by atoms with van der Waals surface area (Å²) >= 11 is 0. The van der Waals surface area contributed by atoms with Crippen LogP contribution >= 0.6 is 0 Å². The van der Waals surface area contributed by atoms with Crippen molar-refractivity contribution in [2.75, 3.05) is 26.3 Å². The Kier molecular flexibility index (Phi) is 4.87. The Labute approximate surface area is 125 Å². The molecule has 0 spiro atoms. The number of ether oxygens (including phenoxy) is 2. The van der Waals surface area contributed by atoms with Gasteiger partial charge < -0.3 is 19.3 Å². The van der Waals surface area contributed by atoms with Gasteiger partial charge in [0.2, 0.25) is 11.7 Å². The molecule has 3 rings (SSSR count). The smallest absolute Gasteiger partial charge is 0.229 e. The van der Waals surface area contributed by atoms with E-state index in [1.54, 1.807) is 0 Å². The predicted molar refractivity (Wildman–Crippen MR) is 77.0 cm³/mol. The van der Waals surface area contributed by atoms with Gasteiger partial charge >= 0.3 is 0 Å². The zero-order valence-corrected chi connectivity index (χ0v) is 12.8. The van der Waals surface area contributed by atoms with Crippen molar-refractivity contribution in [1.82, 2.24) is 15.5 Å². The summed E-state index contributed by atoms with van der Waals surface area (Å²) in [6.07, 6.45) is 6.43. The summed E-state index contributed by atoms with van der Waals surface area (Å²) in [6, 6.07) is 0. The van der Waals surface area contributed by atoms with E-state index in [1.807, 2.05) is 6.92 Å². The van der Waals surface area contributed by atoms with Gasteiger partial charge in [-0.2, -0.15) is 4.98 Å². The number of nitrogens with one attached hydrogen (secondary N) is 1. The van der Waals surface area contributed by atoms with E-state index in [-0.39, 0.29) is 5.60 Å². The second-order valence-corrected chi connectivity index (χ2v) is 6.12. The maximum Gasteiger partial charge on any atom is 0.229 e. The van der Waals surface area contributed by atoms with Crippen LogP contribution in [-0.2, 0) is 21.5 Å². The van der Waals surface area contributed by atoms with Gasteiger partial charge in [0.05, 0.1) is 19.1 Å². The first-order chi connectivity index (χ1) is 10.3. The van der Waals surface area contributed by atoms with Crippen LogP contribution in [0, 0.1) is 0 Å². The fraction of sp³-hybridized carbons (Fsp3) is 0.867. The molecule has 21 heavy (non-hydrogen) atoms. The Bertz CT molecular complexity index is 437. The topological polar surface area (TPSA) is 69.4 Å². The molecule has 118 valence electrons. The van der Waals surface area contributed by atoms with Crippen molar-refractivity contribution in [2.24, 2.45) is 0 Å². The molecule has 0 bridgehead atoms. The number of rotatable bonds is 5. The molecule has 2 fully saturated rings. The van der Waals surface area contributed by atoms with Gasteiger partial charge in [0.1, 0.15) is 5.60 Å². The molecule has 2 aliphatic heterocycles. The predicted octanol–water partition coefficient (Wildman–Crippen LogP) is 1.80. The highest BCUT2D eigenvalue weighted by atomic mass is 16.5. The lowest BCUT2D eigenvalue weighted by molar-refractivity contribution is -0.0770. The van der Waals surface area contributed by atoms with E-state index in [0.29, 0.717) is 30.8 Å². The molecule has 0 saturated carbocycles. The molecule has 1 N–H and O–H groups in total. The van der Waals surface area contributed by atoms with Gasteiger partial charge in [0.15, 0.2) is 0 Å². The molecular formula is C15H25N3O3. The van der Waals surface area contributed by atoms with E-state index in [1.165, 1.54) is 0 Å². The number of piperidine rings is 1. The Morgan fingerprint density at radius 2 is 2.19 bits per heavy atom. The maximum absolute atomic E-state index is 5.87. The quantitative estimate of drug-likeness (QED) is 0.893. The van der Waals surface area contributed by atoms with E-state index in [2.05, 4.69) is 15.5 Å².